The van der Waals surface area contributed by atoms with Crippen LogP contribution in [0.5, 0.6) is 11.6 Å². The van der Waals surface area contributed by atoms with Crippen LogP contribution in [0.3, 0.4) is 0 Å². The van der Waals surface area contributed by atoms with Crippen molar-refractivity contribution in [2.45, 2.75) is 77.0 Å². The average Bonchev–Trinajstić information content (AvgIpc) is 3.84. The number of aliphatic carboxylic acids is 1. The molecule has 0 bridgehead atoms. The predicted molar refractivity (Wildman–Crippen MR) is 164 cm³/mol. The summed E-state index contributed by atoms with van der Waals surface area (Å²) in [6.45, 7) is 4.01. The second-order valence-corrected chi connectivity index (χ2v) is 11.9. The van der Waals surface area contributed by atoms with Crippen molar-refractivity contribution in [1.82, 2.24) is 9.88 Å². The number of hydrogen-bond acceptors (Lipinski definition) is 6. The van der Waals surface area contributed by atoms with Gasteiger partial charge in [0.2, 0.25) is 5.88 Å². The smallest absolute Gasteiger partial charge is 0.306 e. The van der Waals surface area contributed by atoms with Crippen LogP contribution in [0.1, 0.15) is 73.8 Å². The minimum Gasteiger partial charge on any atom is -0.485 e. The van der Waals surface area contributed by atoms with Gasteiger partial charge >= 0.3 is 5.97 Å². The van der Waals surface area contributed by atoms with Crippen molar-refractivity contribution in [3.63, 3.8) is 0 Å². The van der Waals surface area contributed by atoms with Crippen molar-refractivity contribution in [1.29, 1.82) is 0 Å². The van der Waals surface area contributed by atoms with Crippen LogP contribution in [0.15, 0.2) is 48.7 Å². The van der Waals surface area contributed by atoms with E-state index in [-0.39, 0.29) is 6.10 Å². The molecular formula is C35H43FN2O5. The first kappa shape index (κ1) is 31.0. The molecule has 1 N–H and O–H groups in total. The van der Waals surface area contributed by atoms with Crippen LogP contribution in [-0.4, -0.2) is 54.4 Å². The molecule has 0 spiro atoms. The van der Waals surface area contributed by atoms with Gasteiger partial charge in [0.15, 0.2) is 0 Å². The summed E-state index contributed by atoms with van der Waals surface area (Å²) in [5.41, 5.74) is 5.41. The monoisotopic (exact) mass is 590 g/mol. The van der Waals surface area contributed by atoms with E-state index in [0.717, 1.165) is 65.8 Å². The molecule has 0 radical (unpaired) electrons. The Bertz CT molecular complexity index is 1410. The average molecular weight is 591 g/mol. The van der Waals surface area contributed by atoms with Gasteiger partial charge in [-0.3, -0.25) is 9.69 Å². The molecule has 3 aliphatic rings. The minimum atomic E-state index is -0.807. The number of benzene rings is 2. The summed E-state index contributed by atoms with van der Waals surface area (Å²) < 4.78 is 32.3. The number of fused-ring (bicyclic) bond motifs is 1. The van der Waals surface area contributed by atoms with E-state index in [1.54, 1.807) is 20.1 Å². The summed E-state index contributed by atoms with van der Waals surface area (Å²) in [7, 11) is 3.26. The zero-order chi connectivity index (χ0) is 30.3. The number of hydrogen-bond donors (Lipinski definition) is 1. The Morgan fingerprint density at radius 3 is 2.63 bits per heavy atom. The maximum Gasteiger partial charge on any atom is 0.306 e. The quantitative estimate of drug-likeness (QED) is 0.272. The Morgan fingerprint density at radius 1 is 1.09 bits per heavy atom. The van der Waals surface area contributed by atoms with E-state index >= 15 is 4.39 Å². The van der Waals surface area contributed by atoms with Crippen LogP contribution in [0, 0.1) is 11.7 Å². The van der Waals surface area contributed by atoms with Gasteiger partial charge in [-0.15, -0.1) is 0 Å². The van der Waals surface area contributed by atoms with Crippen molar-refractivity contribution >= 4 is 5.97 Å². The van der Waals surface area contributed by atoms with Crippen LogP contribution >= 0.6 is 0 Å². The van der Waals surface area contributed by atoms with E-state index in [0.29, 0.717) is 37.1 Å². The summed E-state index contributed by atoms with van der Waals surface area (Å²) in [4.78, 5) is 17.8. The molecule has 1 aliphatic carbocycles. The van der Waals surface area contributed by atoms with E-state index in [2.05, 4.69) is 16.0 Å². The minimum absolute atomic E-state index is 0.155. The van der Waals surface area contributed by atoms with Crippen LogP contribution in [0.2, 0.25) is 0 Å². The molecule has 3 atom stereocenters. The first-order valence-corrected chi connectivity index (χ1v) is 15.4. The number of nitrogens with zero attached hydrogens (tertiary/aromatic N) is 2. The van der Waals surface area contributed by atoms with E-state index in [9.17, 15) is 9.90 Å². The van der Waals surface area contributed by atoms with Crippen LogP contribution < -0.4 is 9.47 Å². The van der Waals surface area contributed by atoms with Crippen molar-refractivity contribution in [3.05, 3.63) is 76.7 Å². The van der Waals surface area contributed by atoms with E-state index in [1.165, 1.54) is 32.6 Å². The highest BCUT2D eigenvalue weighted by atomic mass is 19.1. The molecule has 0 amide bonds. The van der Waals surface area contributed by atoms with Gasteiger partial charge in [0.25, 0.3) is 0 Å². The van der Waals surface area contributed by atoms with Gasteiger partial charge in [0.1, 0.15) is 17.7 Å². The summed E-state index contributed by atoms with van der Waals surface area (Å²) in [6, 6.07) is 14.2. The highest BCUT2D eigenvalue weighted by molar-refractivity contribution is 5.70. The molecule has 6 rings (SSSR count). The number of ether oxygens (including phenoxy) is 3. The molecule has 1 saturated heterocycles. The summed E-state index contributed by atoms with van der Waals surface area (Å²) in [6.07, 6.45) is 9.87. The molecule has 3 aromatic rings. The topological polar surface area (TPSA) is 81.1 Å². The molecule has 2 fully saturated rings. The SMILES string of the molecule is C1CC1.COCC1CCCN1Cc1cc(C2CCc3ccc(CC(C)C(=O)O)cc3O2)ccc1-c1cc(OC)ncc1F. The normalized spacial score (nSPS) is 19.9. The largest absolute Gasteiger partial charge is 0.485 e. The Morgan fingerprint density at radius 2 is 1.91 bits per heavy atom. The molecule has 230 valence electrons. The van der Waals surface area contributed by atoms with Crippen LogP contribution in [0.25, 0.3) is 11.1 Å². The highest BCUT2D eigenvalue weighted by Gasteiger charge is 2.28. The number of carboxylic acid groups (broad SMARTS) is 1. The fourth-order valence-electron chi connectivity index (χ4n) is 5.86. The number of methoxy groups -OCH3 is 2. The van der Waals surface area contributed by atoms with Gasteiger partial charge in [0.05, 0.1) is 25.8 Å². The van der Waals surface area contributed by atoms with Gasteiger partial charge in [-0.25, -0.2) is 9.37 Å². The van der Waals surface area contributed by atoms with Crippen LogP contribution in [-0.2, 0) is 28.9 Å². The summed E-state index contributed by atoms with van der Waals surface area (Å²) in [5.74, 6) is -0.493. The number of rotatable bonds is 10. The molecule has 1 saturated carbocycles. The third kappa shape index (κ3) is 7.92. The van der Waals surface area contributed by atoms with Crippen molar-refractivity contribution < 1.29 is 28.5 Å². The molecule has 7 nitrogen and oxygen atoms in total. The highest BCUT2D eigenvalue weighted by Crippen LogP contribution is 2.39. The fourth-order valence-corrected chi connectivity index (χ4v) is 5.86. The fraction of sp³-hybridized carbons (Fsp3) is 0.486. The van der Waals surface area contributed by atoms with Crippen molar-refractivity contribution in [3.8, 4) is 22.8 Å². The van der Waals surface area contributed by atoms with E-state index in [1.807, 2.05) is 30.3 Å². The Kier molecular flexibility index (Phi) is 10.3. The number of halogens is 1. The van der Waals surface area contributed by atoms with Gasteiger partial charge in [0, 0.05) is 31.3 Å². The molecule has 8 heteroatoms. The van der Waals surface area contributed by atoms with Gasteiger partial charge in [-0.2, -0.15) is 0 Å². The Hall–Kier alpha value is -3.49. The molecule has 1 aromatic heterocycles. The number of aryl methyl sites for hydroxylation is 1. The zero-order valence-electron chi connectivity index (χ0n) is 25.5. The van der Waals surface area contributed by atoms with Gasteiger partial charge in [-0.1, -0.05) is 56.5 Å². The third-order valence-corrected chi connectivity index (χ3v) is 8.46. The van der Waals surface area contributed by atoms with Crippen LogP contribution in [0.4, 0.5) is 4.39 Å². The summed E-state index contributed by atoms with van der Waals surface area (Å²) in [5, 5.41) is 9.32. The maximum atomic E-state index is 15.1. The third-order valence-electron chi connectivity index (χ3n) is 8.46. The molecule has 3 heterocycles. The first-order chi connectivity index (χ1) is 20.9. The van der Waals surface area contributed by atoms with Gasteiger partial charge in [-0.05, 0) is 72.5 Å². The number of likely N-dealkylation sites (tertiary alicyclic amines) is 1. The first-order valence-electron chi connectivity index (χ1n) is 15.4. The number of carbonyl (C=O) groups is 1. The predicted octanol–water partition coefficient (Wildman–Crippen LogP) is 7.01. The molecule has 2 aliphatic heterocycles. The maximum absolute atomic E-state index is 15.1. The Balaban J connectivity index is 0.00000115. The number of aromatic nitrogens is 1. The zero-order valence-corrected chi connectivity index (χ0v) is 25.5. The lowest BCUT2D eigenvalue weighted by atomic mass is 9.91. The lowest BCUT2D eigenvalue weighted by Crippen LogP contribution is -2.32. The lowest BCUT2D eigenvalue weighted by Gasteiger charge is -2.29. The van der Waals surface area contributed by atoms with E-state index < -0.39 is 17.7 Å². The van der Waals surface area contributed by atoms with E-state index in [4.69, 9.17) is 14.2 Å². The van der Waals surface area contributed by atoms with Crippen molar-refractivity contribution in [2.75, 3.05) is 27.4 Å². The summed E-state index contributed by atoms with van der Waals surface area (Å²) >= 11 is 0. The molecule has 3 unspecified atom stereocenters. The molecule has 43 heavy (non-hydrogen) atoms. The van der Waals surface area contributed by atoms with Crippen molar-refractivity contribution in [2.24, 2.45) is 5.92 Å². The molecular weight excluding hydrogens is 547 g/mol. The number of pyridine rings is 1. The second-order valence-electron chi connectivity index (χ2n) is 11.9. The standard InChI is InChI=1S/C32H37FN2O5.C3H6/c1-20(32(36)37)13-21-6-7-22-9-11-29(40-30(22)14-21)23-8-10-26(27-16-31(39-3)34-17-28(27)33)24(15-23)18-35-12-4-5-25(35)19-38-2;1-2-3-1/h6-8,10,14-17,20,25,29H,4-5,9,11-13,18-19H2,1-3H3,(H,36,37);1-3H2. The Labute approximate surface area is 254 Å². The molecule has 2 aromatic carbocycles. The number of carboxylic acids is 1. The van der Waals surface area contributed by atoms with Gasteiger partial charge < -0.3 is 19.3 Å². The lowest BCUT2D eigenvalue weighted by molar-refractivity contribution is -0.141. The second kappa shape index (κ2) is 14.3.